The van der Waals surface area contributed by atoms with Crippen molar-refractivity contribution in [2.24, 2.45) is 7.05 Å². The van der Waals surface area contributed by atoms with Gasteiger partial charge >= 0.3 is 0 Å². The molecule has 1 aliphatic carbocycles. The zero-order valence-corrected chi connectivity index (χ0v) is 11.4. The first kappa shape index (κ1) is 12.9. The van der Waals surface area contributed by atoms with E-state index < -0.39 is 5.41 Å². The van der Waals surface area contributed by atoms with Crippen LogP contribution in [0.4, 0.5) is 4.39 Å². The van der Waals surface area contributed by atoms with Crippen molar-refractivity contribution >= 4 is 5.91 Å². The molecule has 0 atom stereocenters. The number of carbonyl (C=O) groups is 1. The second kappa shape index (κ2) is 4.78. The van der Waals surface area contributed by atoms with E-state index in [0.717, 1.165) is 24.1 Å². The van der Waals surface area contributed by atoms with Gasteiger partial charge in [-0.15, -0.1) is 0 Å². The third-order valence-electron chi connectivity index (χ3n) is 4.06. The van der Waals surface area contributed by atoms with Crippen molar-refractivity contribution in [3.05, 3.63) is 59.7 Å². The fourth-order valence-electron chi connectivity index (χ4n) is 2.56. The summed E-state index contributed by atoms with van der Waals surface area (Å²) in [6.45, 7) is 0.519. The van der Waals surface area contributed by atoms with Crippen LogP contribution in [0.2, 0.25) is 0 Å². The highest BCUT2D eigenvalue weighted by atomic mass is 19.1. The highest BCUT2D eigenvalue weighted by Crippen LogP contribution is 2.48. The first-order valence-corrected chi connectivity index (χ1v) is 6.76. The van der Waals surface area contributed by atoms with E-state index in [1.54, 1.807) is 12.1 Å². The van der Waals surface area contributed by atoms with E-state index in [1.165, 1.54) is 12.1 Å². The van der Waals surface area contributed by atoms with Crippen LogP contribution >= 0.6 is 0 Å². The second-order valence-corrected chi connectivity index (χ2v) is 5.38. The summed E-state index contributed by atoms with van der Waals surface area (Å²) in [4.78, 5) is 12.4. The van der Waals surface area contributed by atoms with Gasteiger partial charge in [-0.3, -0.25) is 4.79 Å². The molecule has 3 rings (SSSR count). The van der Waals surface area contributed by atoms with Crippen molar-refractivity contribution in [2.45, 2.75) is 24.8 Å². The van der Waals surface area contributed by atoms with Crippen LogP contribution in [0.5, 0.6) is 0 Å². The predicted octanol–water partition coefficient (Wildman–Crippen LogP) is 2.51. The molecule has 1 heterocycles. The minimum absolute atomic E-state index is 0.0327. The summed E-state index contributed by atoms with van der Waals surface area (Å²) in [6.07, 6.45) is 3.61. The Morgan fingerprint density at radius 3 is 2.55 bits per heavy atom. The summed E-state index contributed by atoms with van der Waals surface area (Å²) >= 11 is 0. The molecule has 2 aromatic rings. The minimum atomic E-state index is -0.446. The van der Waals surface area contributed by atoms with Gasteiger partial charge < -0.3 is 9.88 Å². The minimum Gasteiger partial charge on any atom is -0.353 e. The zero-order chi connectivity index (χ0) is 14.2. The highest BCUT2D eigenvalue weighted by molar-refractivity contribution is 5.91. The van der Waals surface area contributed by atoms with Gasteiger partial charge in [-0.2, -0.15) is 0 Å². The molecule has 0 spiro atoms. The van der Waals surface area contributed by atoms with Gasteiger partial charge in [0.15, 0.2) is 0 Å². The molecular weight excluding hydrogens is 255 g/mol. The number of nitrogens with one attached hydrogen (secondary N) is 1. The number of aryl methyl sites for hydroxylation is 1. The molecule has 4 heteroatoms. The van der Waals surface area contributed by atoms with E-state index in [2.05, 4.69) is 5.32 Å². The largest absolute Gasteiger partial charge is 0.353 e. The maximum absolute atomic E-state index is 13.0. The molecular formula is C16H17FN2O. The maximum atomic E-state index is 13.0. The van der Waals surface area contributed by atoms with Crippen molar-refractivity contribution in [1.29, 1.82) is 0 Å². The summed E-state index contributed by atoms with van der Waals surface area (Å²) in [5.41, 5.74) is 1.52. The Balaban J connectivity index is 1.70. The highest BCUT2D eigenvalue weighted by Gasteiger charge is 2.51. The zero-order valence-electron chi connectivity index (χ0n) is 11.4. The lowest BCUT2D eigenvalue weighted by Gasteiger charge is -2.16. The van der Waals surface area contributed by atoms with Crippen LogP contribution in [0.15, 0.2) is 42.6 Å². The lowest BCUT2D eigenvalue weighted by molar-refractivity contribution is -0.123. The predicted molar refractivity (Wildman–Crippen MR) is 74.6 cm³/mol. The molecule has 1 aromatic heterocycles. The third kappa shape index (κ3) is 2.22. The van der Waals surface area contributed by atoms with Crippen LogP contribution in [-0.2, 0) is 23.8 Å². The number of amides is 1. The number of aromatic nitrogens is 1. The number of hydrogen-bond donors (Lipinski definition) is 1. The summed E-state index contributed by atoms with van der Waals surface area (Å²) in [7, 11) is 1.95. The van der Waals surface area contributed by atoms with Crippen molar-refractivity contribution < 1.29 is 9.18 Å². The molecule has 1 saturated carbocycles. The molecule has 1 aliphatic rings. The van der Waals surface area contributed by atoms with Gasteiger partial charge in [-0.05, 0) is 42.7 Å². The van der Waals surface area contributed by atoms with Gasteiger partial charge in [0, 0.05) is 18.9 Å². The number of benzene rings is 1. The van der Waals surface area contributed by atoms with Crippen molar-refractivity contribution in [3.8, 4) is 0 Å². The molecule has 0 saturated heterocycles. The summed E-state index contributed by atoms with van der Waals surface area (Å²) in [5.74, 6) is -0.237. The van der Waals surface area contributed by atoms with Crippen LogP contribution in [-0.4, -0.2) is 10.5 Å². The number of halogens is 1. The van der Waals surface area contributed by atoms with Crippen molar-refractivity contribution in [3.63, 3.8) is 0 Å². The smallest absolute Gasteiger partial charge is 0.230 e. The molecule has 1 amide bonds. The normalized spacial score (nSPS) is 15.9. The van der Waals surface area contributed by atoms with E-state index in [1.807, 2.05) is 29.9 Å². The fourth-order valence-corrected chi connectivity index (χ4v) is 2.56. The van der Waals surface area contributed by atoms with Crippen LogP contribution in [0.1, 0.15) is 24.1 Å². The molecule has 20 heavy (non-hydrogen) atoms. The topological polar surface area (TPSA) is 34.0 Å². The quantitative estimate of drug-likeness (QED) is 0.911. The molecule has 1 fully saturated rings. The third-order valence-corrected chi connectivity index (χ3v) is 4.06. The second-order valence-electron chi connectivity index (χ2n) is 5.38. The Bertz CT molecular complexity index is 626. The molecule has 0 radical (unpaired) electrons. The number of hydrogen-bond acceptors (Lipinski definition) is 1. The van der Waals surface area contributed by atoms with Crippen molar-refractivity contribution in [1.82, 2.24) is 9.88 Å². The Kier molecular flexibility index (Phi) is 3.08. The molecule has 0 aliphatic heterocycles. The number of nitrogens with zero attached hydrogens (tertiary/aromatic N) is 1. The molecule has 0 unspecified atom stereocenters. The van der Waals surface area contributed by atoms with Crippen molar-refractivity contribution in [2.75, 3.05) is 0 Å². The average Bonchev–Trinajstić information content (AvgIpc) is 3.15. The maximum Gasteiger partial charge on any atom is 0.230 e. The van der Waals surface area contributed by atoms with Gasteiger partial charge in [-0.1, -0.05) is 12.1 Å². The van der Waals surface area contributed by atoms with E-state index in [9.17, 15) is 9.18 Å². The van der Waals surface area contributed by atoms with E-state index in [-0.39, 0.29) is 11.7 Å². The van der Waals surface area contributed by atoms with Gasteiger partial charge in [-0.25, -0.2) is 4.39 Å². The Morgan fingerprint density at radius 2 is 2.00 bits per heavy atom. The van der Waals surface area contributed by atoms with Crippen LogP contribution in [0.3, 0.4) is 0 Å². The van der Waals surface area contributed by atoms with Crippen LogP contribution < -0.4 is 5.32 Å². The van der Waals surface area contributed by atoms with Crippen LogP contribution in [0, 0.1) is 5.82 Å². The summed E-state index contributed by atoms with van der Waals surface area (Å²) < 4.78 is 15.0. The van der Waals surface area contributed by atoms with Gasteiger partial charge in [0.25, 0.3) is 0 Å². The Hall–Kier alpha value is -2.10. The van der Waals surface area contributed by atoms with Gasteiger partial charge in [0.2, 0.25) is 5.91 Å². The average molecular weight is 272 g/mol. The first-order chi connectivity index (χ1) is 9.62. The monoisotopic (exact) mass is 272 g/mol. The van der Waals surface area contributed by atoms with Crippen LogP contribution in [0.25, 0.3) is 0 Å². The lowest BCUT2D eigenvalue weighted by Crippen LogP contribution is -2.34. The fraction of sp³-hybridized carbons (Fsp3) is 0.312. The Morgan fingerprint density at radius 1 is 1.30 bits per heavy atom. The molecule has 3 nitrogen and oxygen atoms in total. The van der Waals surface area contributed by atoms with Gasteiger partial charge in [0.05, 0.1) is 12.0 Å². The molecule has 1 N–H and O–H groups in total. The molecule has 104 valence electrons. The SMILES string of the molecule is Cn1cccc1CNC(=O)C1(c2ccc(F)cc2)CC1. The molecule has 0 bridgehead atoms. The first-order valence-electron chi connectivity index (χ1n) is 6.76. The summed E-state index contributed by atoms with van der Waals surface area (Å²) in [5, 5.41) is 2.99. The Labute approximate surface area is 117 Å². The van der Waals surface area contributed by atoms with Gasteiger partial charge in [0.1, 0.15) is 5.82 Å². The van der Waals surface area contributed by atoms with E-state index >= 15 is 0 Å². The summed E-state index contributed by atoms with van der Waals surface area (Å²) in [6, 6.07) is 10.2. The number of carbonyl (C=O) groups excluding carboxylic acids is 1. The lowest BCUT2D eigenvalue weighted by atomic mass is 9.95. The van der Waals surface area contributed by atoms with E-state index in [0.29, 0.717) is 6.54 Å². The number of rotatable bonds is 4. The molecule has 1 aromatic carbocycles. The standard InChI is InChI=1S/C16H17FN2O/c1-19-10-2-3-14(19)11-18-15(20)16(8-9-16)12-4-6-13(17)7-5-12/h2-7,10H,8-9,11H2,1H3,(H,18,20). The van der Waals surface area contributed by atoms with E-state index in [4.69, 9.17) is 0 Å².